The van der Waals surface area contributed by atoms with Gasteiger partial charge >= 0.3 is 0 Å². The Labute approximate surface area is 119 Å². The molecule has 0 radical (unpaired) electrons. The first-order valence-electron chi connectivity index (χ1n) is 7.78. The number of nitrogens with zero attached hydrogens (tertiary/aromatic N) is 1. The van der Waals surface area contributed by atoms with Gasteiger partial charge in [0.2, 0.25) is 5.91 Å². The van der Waals surface area contributed by atoms with Crippen LogP contribution in [0.25, 0.3) is 0 Å². The number of amides is 1. The first-order chi connectivity index (χ1) is 8.77. The van der Waals surface area contributed by atoms with Gasteiger partial charge in [-0.1, -0.05) is 33.6 Å². The van der Waals surface area contributed by atoms with Crippen LogP contribution in [0.2, 0.25) is 0 Å². The molecule has 3 nitrogen and oxygen atoms in total. The second-order valence-corrected chi connectivity index (χ2v) is 7.10. The van der Waals surface area contributed by atoms with Crippen molar-refractivity contribution in [1.29, 1.82) is 0 Å². The number of hydrogen-bond acceptors (Lipinski definition) is 2. The number of carbonyl (C=O) groups excluding carboxylic acids is 1. The summed E-state index contributed by atoms with van der Waals surface area (Å²) < 4.78 is 0. The van der Waals surface area contributed by atoms with Crippen LogP contribution >= 0.6 is 0 Å². The molecule has 0 saturated heterocycles. The van der Waals surface area contributed by atoms with Crippen molar-refractivity contribution >= 4 is 5.91 Å². The predicted octanol–water partition coefficient (Wildman–Crippen LogP) is 3.05. The first-order valence-corrected chi connectivity index (χ1v) is 7.78. The molecule has 1 rings (SSSR count). The lowest BCUT2D eigenvalue weighted by atomic mass is 9.69. The molecule has 3 atom stereocenters. The minimum atomic E-state index is -0.0714. The van der Waals surface area contributed by atoms with Gasteiger partial charge in [0, 0.05) is 19.6 Å². The van der Waals surface area contributed by atoms with Crippen LogP contribution in [0.1, 0.15) is 60.3 Å². The van der Waals surface area contributed by atoms with Crippen LogP contribution < -0.4 is 5.32 Å². The molecule has 0 aromatic rings. The van der Waals surface area contributed by atoms with Crippen molar-refractivity contribution in [3.05, 3.63) is 0 Å². The molecule has 1 N–H and O–H groups in total. The Hall–Kier alpha value is -0.570. The molecule has 0 aromatic carbocycles. The normalized spacial score (nSPS) is 26.0. The van der Waals surface area contributed by atoms with E-state index in [4.69, 9.17) is 0 Å². The zero-order valence-electron chi connectivity index (χ0n) is 13.6. The fraction of sp³-hybridized carbons (Fsp3) is 0.938. The number of hydrogen-bond donors (Lipinski definition) is 1. The molecule has 1 aliphatic rings. The van der Waals surface area contributed by atoms with Crippen LogP contribution in [-0.2, 0) is 4.79 Å². The summed E-state index contributed by atoms with van der Waals surface area (Å²) in [5, 5.41) is 3.60. The van der Waals surface area contributed by atoms with E-state index in [1.165, 1.54) is 25.7 Å². The van der Waals surface area contributed by atoms with Gasteiger partial charge in [0.15, 0.2) is 0 Å². The third-order valence-corrected chi connectivity index (χ3v) is 4.56. The first kappa shape index (κ1) is 16.5. The van der Waals surface area contributed by atoms with Crippen LogP contribution in [0.4, 0.5) is 0 Å². The molecule has 1 amide bonds. The standard InChI is InChI=1S/C16H32N2O/c1-7-18(6)15(19)12(2)17-14-11-9-8-10-13(14)16(3,4)5/h12-14,17H,7-11H2,1-6H3. The largest absolute Gasteiger partial charge is 0.345 e. The van der Waals surface area contributed by atoms with Gasteiger partial charge in [0.05, 0.1) is 6.04 Å². The molecule has 19 heavy (non-hydrogen) atoms. The Morgan fingerprint density at radius 1 is 1.32 bits per heavy atom. The minimum Gasteiger partial charge on any atom is -0.345 e. The lowest BCUT2D eigenvalue weighted by Crippen LogP contribution is -2.52. The summed E-state index contributed by atoms with van der Waals surface area (Å²) in [5.41, 5.74) is 0.317. The molecule has 1 fully saturated rings. The molecular formula is C16H32N2O. The summed E-state index contributed by atoms with van der Waals surface area (Å²) in [6.07, 6.45) is 5.10. The molecule has 112 valence electrons. The maximum Gasteiger partial charge on any atom is 0.239 e. The predicted molar refractivity (Wildman–Crippen MR) is 81.1 cm³/mol. The zero-order valence-corrected chi connectivity index (χ0v) is 13.6. The number of rotatable bonds is 4. The second kappa shape index (κ2) is 6.74. The van der Waals surface area contributed by atoms with Gasteiger partial charge in [-0.2, -0.15) is 0 Å². The Balaban J connectivity index is 2.65. The monoisotopic (exact) mass is 268 g/mol. The van der Waals surface area contributed by atoms with Gasteiger partial charge < -0.3 is 10.2 Å². The van der Waals surface area contributed by atoms with E-state index >= 15 is 0 Å². The van der Waals surface area contributed by atoms with Crippen molar-refractivity contribution in [2.45, 2.75) is 72.4 Å². The molecule has 0 heterocycles. The Morgan fingerprint density at radius 2 is 1.89 bits per heavy atom. The zero-order chi connectivity index (χ0) is 14.6. The van der Waals surface area contributed by atoms with Crippen LogP contribution in [0, 0.1) is 11.3 Å². The van der Waals surface area contributed by atoms with Gasteiger partial charge in [0.1, 0.15) is 0 Å². The minimum absolute atomic E-state index is 0.0714. The number of nitrogens with one attached hydrogen (secondary N) is 1. The summed E-state index contributed by atoms with van der Waals surface area (Å²) >= 11 is 0. The molecule has 1 aliphatic carbocycles. The number of likely N-dealkylation sites (N-methyl/N-ethyl adjacent to an activating group) is 1. The van der Waals surface area contributed by atoms with Crippen molar-refractivity contribution < 1.29 is 4.79 Å². The molecule has 0 aromatic heterocycles. The maximum atomic E-state index is 12.2. The van der Waals surface area contributed by atoms with Crippen LogP contribution in [-0.4, -0.2) is 36.5 Å². The van der Waals surface area contributed by atoms with Gasteiger partial charge in [-0.25, -0.2) is 0 Å². The SMILES string of the molecule is CCN(C)C(=O)C(C)NC1CCCCC1C(C)(C)C. The summed E-state index contributed by atoms with van der Waals surface area (Å²) in [6.45, 7) is 11.8. The fourth-order valence-electron chi connectivity index (χ4n) is 3.25. The lowest BCUT2D eigenvalue weighted by Gasteiger charge is -2.42. The summed E-state index contributed by atoms with van der Waals surface area (Å²) in [6, 6.07) is 0.413. The molecule has 0 spiro atoms. The summed E-state index contributed by atoms with van der Waals surface area (Å²) in [4.78, 5) is 14.0. The Morgan fingerprint density at radius 3 is 2.42 bits per heavy atom. The molecular weight excluding hydrogens is 236 g/mol. The highest BCUT2D eigenvalue weighted by molar-refractivity contribution is 5.81. The highest BCUT2D eigenvalue weighted by atomic mass is 16.2. The molecule has 0 aliphatic heterocycles. The van der Waals surface area contributed by atoms with E-state index in [0.717, 1.165) is 6.54 Å². The van der Waals surface area contributed by atoms with Gasteiger partial charge in [-0.15, -0.1) is 0 Å². The van der Waals surface area contributed by atoms with Crippen LogP contribution in [0.5, 0.6) is 0 Å². The van der Waals surface area contributed by atoms with E-state index in [2.05, 4.69) is 26.1 Å². The van der Waals surface area contributed by atoms with E-state index in [-0.39, 0.29) is 11.9 Å². The van der Waals surface area contributed by atoms with Gasteiger partial charge in [-0.3, -0.25) is 4.79 Å². The van der Waals surface area contributed by atoms with Crippen molar-refractivity contribution in [2.75, 3.05) is 13.6 Å². The maximum absolute atomic E-state index is 12.2. The highest BCUT2D eigenvalue weighted by Gasteiger charge is 2.35. The number of carbonyl (C=O) groups is 1. The smallest absolute Gasteiger partial charge is 0.239 e. The average molecular weight is 268 g/mol. The quantitative estimate of drug-likeness (QED) is 0.850. The second-order valence-electron chi connectivity index (χ2n) is 7.10. The summed E-state index contributed by atoms with van der Waals surface area (Å²) in [5.74, 6) is 0.879. The summed E-state index contributed by atoms with van der Waals surface area (Å²) in [7, 11) is 1.88. The van der Waals surface area contributed by atoms with Crippen LogP contribution in [0.15, 0.2) is 0 Å². The van der Waals surface area contributed by atoms with Crippen molar-refractivity contribution in [1.82, 2.24) is 10.2 Å². The van der Waals surface area contributed by atoms with Crippen molar-refractivity contribution in [3.63, 3.8) is 0 Å². The molecule has 1 saturated carbocycles. The Kier molecular flexibility index (Phi) is 5.84. The van der Waals surface area contributed by atoms with Gasteiger partial charge in [0.25, 0.3) is 0 Å². The van der Waals surface area contributed by atoms with E-state index < -0.39 is 0 Å². The average Bonchev–Trinajstić information content (AvgIpc) is 2.36. The van der Waals surface area contributed by atoms with Gasteiger partial charge in [-0.05, 0) is 38.0 Å². The topological polar surface area (TPSA) is 32.3 Å². The fourth-order valence-corrected chi connectivity index (χ4v) is 3.25. The third-order valence-electron chi connectivity index (χ3n) is 4.56. The van der Waals surface area contributed by atoms with Crippen molar-refractivity contribution in [3.8, 4) is 0 Å². The lowest BCUT2D eigenvalue weighted by molar-refractivity contribution is -0.132. The molecule has 0 bridgehead atoms. The molecule has 3 heteroatoms. The Bertz CT molecular complexity index is 296. The molecule has 3 unspecified atom stereocenters. The van der Waals surface area contributed by atoms with E-state index in [1.54, 1.807) is 4.90 Å². The van der Waals surface area contributed by atoms with Crippen molar-refractivity contribution in [2.24, 2.45) is 11.3 Å². The third kappa shape index (κ3) is 4.48. The highest BCUT2D eigenvalue weighted by Crippen LogP contribution is 2.38. The van der Waals surface area contributed by atoms with E-state index in [0.29, 0.717) is 17.4 Å². The van der Waals surface area contributed by atoms with E-state index in [1.807, 2.05) is 20.9 Å². The van der Waals surface area contributed by atoms with Crippen LogP contribution in [0.3, 0.4) is 0 Å². The van der Waals surface area contributed by atoms with E-state index in [9.17, 15) is 4.79 Å².